The Morgan fingerprint density at radius 1 is 1.21 bits per heavy atom. The van der Waals surface area contributed by atoms with E-state index in [0.29, 0.717) is 12.4 Å². The highest BCUT2D eigenvalue weighted by Gasteiger charge is 2.29. The fourth-order valence-electron chi connectivity index (χ4n) is 4.19. The van der Waals surface area contributed by atoms with Crippen LogP contribution in [0, 0.1) is 12.7 Å². The van der Waals surface area contributed by atoms with Gasteiger partial charge in [-0.05, 0) is 67.6 Å². The van der Waals surface area contributed by atoms with Crippen molar-refractivity contribution in [3.8, 4) is 16.9 Å². The number of carbonyl (C=O) groups excluding carboxylic acids is 1. The van der Waals surface area contributed by atoms with Crippen LogP contribution in [0.4, 0.5) is 4.39 Å². The molecule has 0 bridgehead atoms. The first kappa shape index (κ1) is 20.3. The van der Waals surface area contributed by atoms with Crippen molar-refractivity contribution >= 4 is 12.0 Å². The van der Waals surface area contributed by atoms with E-state index in [9.17, 15) is 9.18 Å². The predicted octanol–water partition coefficient (Wildman–Crippen LogP) is 5.07. The molecule has 2 aromatic carbocycles. The Labute approximate surface area is 166 Å². The SMILES string of the molecule is CCCN(CCC)[C@H]1COc2c(F)ccc(-c3c(C)cccc3C=C=O)c2C1. The second-order valence-electron chi connectivity index (χ2n) is 7.41. The van der Waals surface area contributed by atoms with Crippen molar-refractivity contribution < 1.29 is 13.9 Å². The highest BCUT2D eigenvalue weighted by atomic mass is 19.1. The maximum absolute atomic E-state index is 14.5. The zero-order valence-electron chi connectivity index (χ0n) is 16.9. The molecule has 0 spiro atoms. The summed E-state index contributed by atoms with van der Waals surface area (Å²) in [6.07, 6.45) is 4.33. The molecule has 0 amide bonds. The van der Waals surface area contributed by atoms with Crippen molar-refractivity contribution in [2.45, 2.75) is 46.1 Å². The van der Waals surface area contributed by atoms with Crippen LogP contribution >= 0.6 is 0 Å². The Morgan fingerprint density at radius 3 is 2.64 bits per heavy atom. The molecule has 3 nitrogen and oxygen atoms in total. The molecule has 0 radical (unpaired) electrons. The fraction of sp³-hybridized carbons (Fsp3) is 0.417. The molecule has 3 rings (SSSR count). The van der Waals surface area contributed by atoms with Crippen LogP contribution in [-0.2, 0) is 11.2 Å². The third kappa shape index (κ3) is 4.04. The maximum Gasteiger partial charge on any atom is 0.165 e. The minimum absolute atomic E-state index is 0.224. The van der Waals surface area contributed by atoms with E-state index >= 15 is 0 Å². The summed E-state index contributed by atoms with van der Waals surface area (Å²) in [5.74, 6) is 1.91. The number of hydrogen-bond donors (Lipinski definition) is 0. The zero-order valence-corrected chi connectivity index (χ0v) is 16.9. The van der Waals surface area contributed by atoms with Crippen molar-refractivity contribution in [2.24, 2.45) is 0 Å². The summed E-state index contributed by atoms with van der Waals surface area (Å²) in [5.41, 5.74) is 4.62. The average molecular weight is 381 g/mol. The molecule has 0 fully saturated rings. The van der Waals surface area contributed by atoms with Crippen molar-refractivity contribution in [2.75, 3.05) is 19.7 Å². The van der Waals surface area contributed by atoms with Gasteiger partial charge in [0.25, 0.3) is 0 Å². The number of aryl methyl sites for hydroxylation is 1. The molecule has 0 saturated carbocycles. The van der Waals surface area contributed by atoms with Gasteiger partial charge in [-0.1, -0.05) is 38.1 Å². The molecule has 1 heterocycles. The van der Waals surface area contributed by atoms with Crippen LogP contribution in [0.2, 0.25) is 0 Å². The molecule has 1 atom stereocenters. The van der Waals surface area contributed by atoms with E-state index in [1.165, 1.54) is 12.1 Å². The first-order valence-electron chi connectivity index (χ1n) is 10.1. The van der Waals surface area contributed by atoms with E-state index in [-0.39, 0.29) is 11.9 Å². The van der Waals surface area contributed by atoms with Crippen molar-refractivity contribution in [3.05, 3.63) is 52.8 Å². The lowest BCUT2D eigenvalue weighted by molar-refractivity contribution is 0.116. The lowest BCUT2D eigenvalue weighted by Crippen LogP contribution is -2.44. The van der Waals surface area contributed by atoms with Gasteiger partial charge in [-0.25, -0.2) is 9.18 Å². The fourth-order valence-corrected chi connectivity index (χ4v) is 4.19. The minimum Gasteiger partial charge on any atom is -0.489 e. The van der Waals surface area contributed by atoms with Crippen LogP contribution in [0.15, 0.2) is 30.3 Å². The molecule has 2 aromatic rings. The van der Waals surface area contributed by atoms with Gasteiger partial charge in [0.2, 0.25) is 0 Å². The van der Waals surface area contributed by atoms with Crippen LogP contribution in [-0.4, -0.2) is 36.6 Å². The molecule has 148 valence electrons. The van der Waals surface area contributed by atoms with Gasteiger partial charge < -0.3 is 4.74 Å². The number of ether oxygens (including phenoxy) is 1. The Hall–Kier alpha value is -2.42. The maximum atomic E-state index is 14.5. The molecule has 0 aromatic heterocycles. The molecule has 0 unspecified atom stereocenters. The van der Waals surface area contributed by atoms with Gasteiger partial charge >= 0.3 is 0 Å². The minimum atomic E-state index is -0.323. The number of rotatable bonds is 7. The normalized spacial score (nSPS) is 15.7. The second kappa shape index (κ2) is 9.18. The Kier molecular flexibility index (Phi) is 6.66. The number of benzene rings is 2. The van der Waals surface area contributed by atoms with Gasteiger partial charge in [-0.2, -0.15) is 0 Å². The average Bonchev–Trinajstić information content (AvgIpc) is 2.69. The number of nitrogens with zero attached hydrogens (tertiary/aromatic N) is 1. The largest absolute Gasteiger partial charge is 0.489 e. The number of fused-ring (bicyclic) bond motifs is 1. The summed E-state index contributed by atoms with van der Waals surface area (Å²) in [7, 11) is 0. The smallest absolute Gasteiger partial charge is 0.165 e. The topological polar surface area (TPSA) is 29.5 Å². The summed E-state index contributed by atoms with van der Waals surface area (Å²) in [4.78, 5) is 13.5. The van der Waals surface area contributed by atoms with Gasteiger partial charge in [0.1, 0.15) is 12.5 Å². The van der Waals surface area contributed by atoms with E-state index in [1.807, 2.05) is 37.1 Å². The summed E-state index contributed by atoms with van der Waals surface area (Å²) in [6, 6.07) is 9.32. The van der Waals surface area contributed by atoms with Gasteiger partial charge in [0, 0.05) is 17.7 Å². The molecule has 28 heavy (non-hydrogen) atoms. The Bertz CT molecular complexity index is 880. The highest BCUT2D eigenvalue weighted by Crippen LogP contribution is 2.40. The zero-order chi connectivity index (χ0) is 20.1. The first-order chi connectivity index (χ1) is 13.6. The van der Waals surface area contributed by atoms with Crippen molar-refractivity contribution in [1.29, 1.82) is 0 Å². The van der Waals surface area contributed by atoms with Crippen LogP contribution in [0.5, 0.6) is 5.75 Å². The summed E-state index contributed by atoms with van der Waals surface area (Å²) >= 11 is 0. The van der Waals surface area contributed by atoms with E-state index in [4.69, 9.17) is 4.74 Å². The summed E-state index contributed by atoms with van der Waals surface area (Å²) in [6.45, 7) is 8.88. The van der Waals surface area contributed by atoms with Crippen LogP contribution in [0.1, 0.15) is 43.4 Å². The third-order valence-electron chi connectivity index (χ3n) is 5.40. The van der Waals surface area contributed by atoms with E-state index in [1.54, 1.807) is 0 Å². The number of halogens is 1. The van der Waals surface area contributed by atoms with Gasteiger partial charge in [-0.3, -0.25) is 4.90 Å². The molecule has 1 aliphatic rings. The molecular formula is C24H28FNO2. The molecule has 4 heteroatoms. The quantitative estimate of drug-likeness (QED) is 0.627. The molecule has 0 aliphatic carbocycles. The summed E-state index contributed by atoms with van der Waals surface area (Å²) < 4.78 is 20.5. The summed E-state index contributed by atoms with van der Waals surface area (Å²) in [5, 5.41) is 0. The van der Waals surface area contributed by atoms with Crippen molar-refractivity contribution in [3.63, 3.8) is 0 Å². The number of hydrogen-bond acceptors (Lipinski definition) is 3. The van der Waals surface area contributed by atoms with Crippen LogP contribution < -0.4 is 4.74 Å². The highest BCUT2D eigenvalue weighted by molar-refractivity contribution is 5.87. The van der Waals surface area contributed by atoms with E-state index in [2.05, 4.69) is 18.7 Å². The Morgan fingerprint density at radius 2 is 1.96 bits per heavy atom. The predicted molar refractivity (Wildman–Crippen MR) is 112 cm³/mol. The molecule has 0 N–H and O–H groups in total. The standard InChI is InChI=1S/C24H28FNO2/c1-4-12-26(13-5-2)19-15-21-20(9-10-22(25)24(21)28-16-19)23-17(3)7-6-8-18(23)11-14-27/h6-11,19H,4-5,12-13,15-16H2,1-3H3/t19-/m1/s1. The lowest BCUT2D eigenvalue weighted by atomic mass is 9.87. The van der Waals surface area contributed by atoms with E-state index < -0.39 is 0 Å². The molecular weight excluding hydrogens is 353 g/mol. The molecule has 1 aliphatic heterocycles. The van der Waals surface area contributed by atoms with Crippen LogP contribution in [0.25, 0.3) is 17.2 Å². The second-order valence-corrected chi connectivity index (χ2v) is 7.41. The van der Waals surface area contributed by atoms with Crippen LogP contribution in [0.3, 0.4) is 0 Å². The molecule has 0 saturated heterocycles. The van der Waals surface area contributed by atoms with Gasteiger partial charge in [0.05, 0.1) is 0 Å². The van der Waals surface area contributed by atoms with Crippen molar-refractivity contribution in [1.82, 2.24) is 4.90 Å². The third-order valence-corrected chi connectivity index (χ3v) is 5.40. The Balaban J connectivity index is 2.10. The lowest BCUT2D eigenvalue weighted by Gasteiger charge is -2.36. The van der Waals surface area contributed by atoms with Gasteiger partial charge in [-0.15, -0.1) is 0 Å². The van der Waals surface area contributed by atoms with E-state index in [0.717, 1.165) is 60.2 Å². The van der Waals surface area contributed by atoms with Gasteiger partial charge in [0.15, 0.2) is 11.6 Å². The monoisotopic (exact) mass is 381 g/mol. The first-order valence-corrected chi connectivity index (χ1v) is 10.1.